The van der Waals surface area contributed by atoms with Crippen LogP contribution in [-0.4, -0.2) is 12.9 Å². The van der Waals surface area contributed by atoms with E-state index in [0.717, 1.165) is 17.9 Å². The Kier molecular flexibility index (Phi) is 3.87. The Morgan fingerprint density at radius 1 is 1.21 bits per heavy atom. The van der Waals surface area contributed by atoms with Crippen molar-refractivity contribution in [1.82, 2.24) is 0 Å². The highest BCUT2D eigenvalue weighted by atomic mass is 32.1. The molecule has 1 aromatic carbocycles. The van der Waals surface area contributed by atoms with Gasteiger partial charge in [-0.25, -0.2) is 0 Å². The van der Waals surface area contributed by atoms with E-state index in [0.29, 0.717) is 0 Å². The van der Waals surface area contributed by atoms with E-state index in [1.165, 1.54) is 22.3 Å². The minimum Gasteiger partial charge on any atom is -0.496 e. The van der Waals surface area contributed by atoms with Crippen molar-refractivity contribution in [3.05, 3.63) is 28.3 Å². The minimum absolute atomic E-state index is 0.896. The van der Waals surface area contributed by atoms with E-state index in [9.17, 15) is 0 Å². The smallest absolute Gasteiger partial charge is 0.122 e. The molecule has 0 bridgehead atoms. The van der Waals surface area contributed by atoms with Crippen molar-refractivity contribution < 1.29 is 4.74 Å². The Balaban J connectivity index is 3.26. The van der Waals surface area contributed by atoms with Crippen molar-refractivity contribution in [2.24, 2.45) is 0 Å². The SMILES string of the molecule is COc1cc(C)c(CCS)c(C)c1C. The van der Waals surface area contributed by atoms with Gasteiger partial charge in [0.05, 0.1) is 7.11 Å². The lowest BCUT2D eigenvalue weighted by molar-refractivity contribution is 0.410. The molecule has 0 spiro atoms. The molecule has 0 radical (unpaired) electrons. The molecule has 0 saturated carbocycles. The molecule has 0 aliphatic heterocycles. The summed E-state index contributed by atoms with van der Waals surface area (Å²) in [6.45, 7) is 6.40. The van der Waals surface area contributed by atoms with Crippen LogP contribution in [-0.2, 0) is 6.42 Å². The summed E-state index contributed by atoms with van der Waals surface area (Å²) in [7, 11) is 1.72. The predicted molar refractivity (Wildman–Crippen MR) is 64.8 cm³/mol. The van der Waals surface area contributed by atoms with E-state index in [2.05, 4.69) is 39.5 Å². The highest BCUT2D eigenvalue weighted by Crippen LogP contribution is 2.27. The van der Waals surface area contributed by atoms with Crippen LogP contribution in [0.5, 0.6) is 5.75 Å². The number of thiol groups is 1. The zero-order valence-corrected chi connectivity index (χ0v) is 10.2. The largest absolute Gasteiger partial charge is 0.496 e. The van der Waals surface area contributed by atoms with Crippen molar-refractivity contribution in [2.45, 2.75) is 27.2 Å². The van der Waals surface area contributed by atoms with Gasteiger partial charge in [0.25, 0.3) is 0 Å². The second-order valence-corrected chi connectivity index (χ2v) is 4.05. The number of hydrogen-bond acceptors (Lipinski definition) is 2. The molecule has 0 aliphatic carbocycles. The molecule has 0 heterocycles. The Bertz CT molecular complexity index is 332. The standard InChI is InChI=1S/C12H18OS/c1-8-7-12(13-4)10(3)9(2)11(8)5-6-14/h7,14H,5-6H2,1-4H3. The normalized spacial score (nSPS) is 10.4. The molecular weight excluding hydrogens is 192 g/mol. The van der Waals surface area contributed by atoms with Crippen molar-refractivity contribution in [1.29, 1.82) is 0 Å². The van der Waals surface area contributed by atoms with Gasteiger partial charge in [0.15, 0.2) is 0 Å². The van der Waals surface area contributed by atoms with Crippen LogP contribution in [0, 0.1) is 20.8 Å². The molecule has 0 aromatic heterocycles. The number of rotatable bonds is 3. The fraction of sp³-hybridized carbons (Fsp3) is 0.500. The monoisotopic (exact) mass is 210 g/mol. The third kappa shape index (κ3) is 2.06. The average molecular weight is 210 g/mol. The lowest BCUT2D eigenvalue weighted by Crippen LogP contribution is -2.00. The molecule has 1 rings (SSSR count). The maximum absolute atomic E-state index is 5.32. The van der Waals surface area contributed by atoms with Gasteiger partial charge in [-0.15, -0.1) is 0 Å². The molecule has 0 saturated heterocycles. The molecule has 0 atom stereocenters. The van der Waals surface area contributed by atoms with E-state index >= 15 is 0 Å². The molecule has 0 aliphatic rings. The van der Waals surface area contributed by atoms with E-state index < -0.39 is 0 Å². The Morgan fingerprint density at radius 3 is 2.36 bits per heavy atom. The van der Waals surface area contributed by atoms with Gasteiger partial charge in [-0.3, -0.25) is 0 Å². The summed E-state index contributed by atoms with van der Waals surface area (Å²) in [4.78, 5) is 0. The summed E-state index contributed by atoms with van der Waals surface area (Å²) in [5.41, 5.74) is 5.31. The van der Waals surface area contributed by atoms with Crippen molar-refractivity contribution in [2.75, 3.05) is 12.9 Å². The quantitative estimate of drug-likeness (QED) is 0.754. The summed E-state index contributed by atoms with van der Waals surface area (Å²) in [5, 5.41) is 0. The number of hydrogen-bond donors (Lipinski definition) is 1. The fourth-order valence-electron chi connectivity index (χ4n) is 1.81. The van der Waals surface area contributed by atoms with Gasteiger partial charge >= 0.3 is 0 Å². The van der Waals surface area contributed by atoms with Crippen LogP contribution in [0.1, 0.15) is 22.3 Å². The van der Waals surface area contributed by atoms with Gasteiger partial charge < -0.3 is 4.74 Å². The predicted octanol–water partition coefficient (Wildman–Crippen LogP) is 3.09. The van der Waals surface area contributed by atoms with Crippen LogP contribution in [0.25, 0.3) is 0 Å². The maximum Gasteiger partial charge on any atom is 0.122 e. The summed E-state index contributed by atoms with van der Waals surface area (Å²) in [5.74, 6) is 1.89. The first kappa shape index (κ1) is 11.4. The van der Waals surface area contributed by atoms with Crippen LogP contribution in [0.2, 0.25) is 0 Å². The van der Waals surface area contributed by atoms with Gasteiger partial charge in [0.2, 0.25) is 0 Å². The second kappa shape index (κ2) is 4.74. The zero-order valence-electron chi connectivity index (χ0n) is 9.35. The first-order valence-electron chi connectivity index (χ1n) is 4.86. The van der Waals surface area contributed by atoms with E-state index in [-0.39, 0.29) is 0 Å². The average Bonchev–Trinajstić information content (AvgIpc) is 2.18. The van der Waals surface area contributed by atoms with E-state index in [1.54, 1.807) is 7.11 Å². The topological polar surface area (TPSA) is 9.23 Å². The van der Waals surface area contributed by atoms with Gasteiger partial charge in [-0.05, 0) is 61.3 Å². The van der Waals surface area contributed by atoms with E-state index in [1.807, 2.05) is 0 Å². The minimum atomic E-state index is 0.896. The summed E-state index contributed by atoms with van der Waals surface area (Å²) in [6.07, 6.45) is 1.03. The summed E-state index contributed by atoms with van der Waals surface area (Å²) in [6, 6.07) is 2.11. The lowest BCUT2D eigenvalue weighted by atomic mass is 9.96. The molecule has 0 fully saturated rings. The molecule has 1 aromatic rings. The fourth-order valence-corrected chi connectivity index (χ4v) is 2.03. The van der Waals surface area contributed by atoms with Gasteiger partial charge in [0.1, 0.15) is 5.75 Å². The van der Waals surface area contributed by atoms with Gasteiger partial charge in [0, 0.05) is 0 Å². The number of benzene rings is 1. The van der Waals surface area contributed by atoms with Crippen molar-refractivity contribution in [3.63, 3.8) is 0 Å². The molecule has 0 amide bonds. The lowest BCUT2D eigenvalue weighted by Gasteiger charge is -2.15. The first-order valence-corrected chi connectivity index (χ1v) is 5.49. The number of aryl methyl sites for hydroxylation is 1. The summed E-state index contributed by atoms with van der Waals surface area (Å²) >= 11 is 4.28. The Hall–Kier alpha value is -0.630. The molecule has 14 heavy (non-hydrogen) atoms. The maximum atomic E-state index is 5.32. The van der Waals surface area contributed by atoms with Crippen LogP contribution in [0.4, 0.5) is 0 Å². The van der Waals surface area contributed by atoms with Gasteiger partial charge in [-0.2, -0.15) is 12.6 Å². The van der Waals surface area contributed by atoms with Crippen LogP contribution < -0.4 is 4.74 Å². The molecule has 0 N–H and O–H groups in total. The number of methoxy groups -OCH3 is 1. The van der Waals surface area contributed by atoms with Crippen LogP contribution >= 0.6 is 12.6 Å². The molecule has 78 valence electrons. The highest BCUT2D eigenvalue weighted by Gasteiger charge is 2.09. The molecule has 2 heteroatoms. The van der Waals surface area contributed by atoms with Crippen LogP contribution in [0.15, 0.2) is 6.07 Å². The summed E-state index contributed by atoms with van der Waals surface area (Å²) < 4.78 is 5.32. The zero-order chi connectivity index (χ0) is 10.7. The van der Waals surface area contributed by atoms with Crippen molar-refractivity contribution >= 4 is 12.6 Å². The second-order valence-electron chi connectivity index (χ2n) is 3.60. The molecule has 0 unspecified atom stereocenters. The Labute approximate surface area is 91.9 Å². The van der Waals surface area contributed by atoms with Gasteiger partial charge in [-0.1, -0.05) is 0 Å². The molecular formula is C12H18OS. The third-order valence-electron chi connectivity index (χ3n) is 2.79. The Morgan fingerprint density at radius 2 is 1.86 bits per heavy atom. The number of ether oxygens (including phenoxy) is 1. The highest BCUT2D eigenvalue weighted by molar-refractivity contribution is 7.80. The first-order chi connectivity index (χ1) is 6.61. The van der Waals surface area contributed by atoms with E-state index in [4.69, 9.17) is 4.74 Å². The third-order valence-corrected chi connectivity index (χ3v) is 3.01. The molecule has 1 nitrogen and oxygen atoms in total. The van der Waals surface area contributed by atoms with Crippen molar-refractivity contribution in [3.8, 4) is 5.75 Å². The van der Waals surface area contributed by atoms with Crippen LogP contribution in [0.3, 0.4) is 0 Å².